The van der Waals surface area contributed by atoms with Gasteiger partial charge in [-0.05, 0) is 131 Å². The molecule has 0 fully saturated rings. The fraction of sp³-hybridized carbons (Fsp3) is 0.357. The van der Waals surface area contributed by atoms with Crippen molar-refractivity contribution < 1.29 is 9.85 Å². The Morgan fingerprint density at radius 1 is 0.484 bits per heavy atom. The van der Waals surface area contributed by atoms with Crippen molar-refractivity contribution in [2.75, 3.05) is 16.8 Å². The van der Waals surface area contributed by atoms with Crippen LogP contribution in [-0.2, 0) is 11.8 Å². The molecular formula is C56H62N4O4. The maximum absolute atomic E-state index is 11.9. The van der Waals surface area contributed by atoms with Crippen LogP contribution >= 0.6 is 0 Å². The zero-order valence-corrected chi connectivity index (χ0v) is 38.1. The van der Waals surface area contributed by atoms with Crippen molar-refractivity contribution in [2.45, 2.75) is 122 Å². The fourth-order valence-corrected chi connectivity index (χ4v) is 10.5. The number of anilines is 5. The summed E-state index contributed by atoms with van der Waals surface area (Å²) in [5, 5.41) is 23.4. The summed E-state index contributed by atoms with van der Waals surface area (Å²) in [6.45, 7) is 6.69. The average Bonchev–Trinajstić information content (AvgIpc) is 3.80. The Morgan fingerprint density at radius 3 is 1.45 bits per heavy atom. The Bertz CT molecular complexity index is 2600. The van der Waals surface area contributed by atoms with Crippen molar-refractivity contribution in [3.63, 3.8) is 0 Å². The number of hydrogen-bond acceptors (Lipinski definition) is 6. The number of rotatable bonds is 21. The number of non-ortho nitro benzene ring substituents is 2. The molecule has 0 aromatic heterocycles. The minimum absolute atomic E-state index is 0.0688. The Kier molecular flexibility index (Phi) is 13.6. The van der Waals surface area contributed by atoms with Crippen molar-refractivity contribution >= 4 is 39.8 Å². The van der Waals surface area contributed by atoms with E-state index < -0.39 is 0 Å². The van der Waals surface area contributed by atoms with Gasteiger partial charge in [-0.2, -0.15) is 0 Å². The van der Waals surface area contributed by atoms with Gasteiger partial charge < -0.3 is 9.80 Å². The molecule has 6 aromatic rings. The SMILES string of the molecule is CCCCCCCCC1(CCCCCCCC)c2cc(N(C)c3ccc([N+](=O)[O-])cc3)ccc2-c2ccc(N(c3ccc([N+](=O)[O-])cc3)c3ccc4c(c3)Cc3cc(C)ccc3-4)cc21. The van der Waals surface area contributed by atoms with E-state index in [0.29, 0.717) is 0 Å². The molecule has 0 saturated heterocycles. The van der Waals surface area contributed by atoms with E-state index in [2.05, 4.69) is 103 Å². The standard InChI is InChI=1S/C56H62N4O4/c1-5-7-9-11-13-15-33-56(34-16-14-12-10-8-6-2)54-38-47(57(4)43-18-22-45(23-19-43)59(61)62)26-31-52(54)53-32-28-49(39-55(53)56)58(44-20-24-46(25-21-44)60(63)64)48-27-30-51-42(37-48)36-41-35-40(3)17-29-50(41)51/h17-32,35,37-39H,5-16,33-34,36H2,1-4H3. The molecule has 0 unspecified atom stereocenters. The Hall–Kier alpha value is -6.28. The summed E-state index contributed by atoms with van der Waals surface area (Å²) in [5.41, 5.74) is 16.5. The minimum Gasteiger partial charge on any atom is -0.345 e. The number of benzene rings is 6. The summed E-state index contributed by atoms with van der Waals surface area (Å²) in [4.78, 5) is 27.1. The van der Waals surface area contributed by atoms with Gasteiger partial charge in [0.15, 0.2) is 0 Å². The molecular weight excluding hydrogens is 793 g/mol. The van der Waals surface area contributed by atoms with E-state index in [1.54, 1.807) is 24.3 Å². The summed E-state index contributed by atoms with van der Waals surface area (Å²) < 4.78 is 0. The van der Waals surface area contributed by atoms with Gasteiger partial charge in [-0.15, -0.1) is 0 Å². The molecule has 0 spiro atoms. The van der Waals surface area contributed by atoms with Gasteiger partial charge in [0.05, 0.1) is 9.85 Å². The number of nitrogens with zero attached hydrogens (tertiary/aromatic N) is 4. The van der Waals surface area contributed by atoms with Crippen LogP contribution in [-0.4, -0.2) is 16.9 Å². The monoisotopic (exact) mass is 854 g/mol. The summed E-state index contributed by atoms with van der Waals surface area (Å²) >= 11 is 0. The number of nitro groups is 2. The first-order chi connectivity index (χ1) is 31.1. The summed E-state index contributed by atoms with van der Waals surface area (Å²) in [6, 6.07) is 41.2. The first kappa shape index (κ1) is 44.3. The molecule has 0 aliphatic heterocycles. The molecule has 64 heavy (non-hydrogen) atoms. The molecule has 0 atom stereocenters. The highest BCUT2D eigenvalue weighted by Crippen LogP contribution is 2.57. The second-order valence-corrected chi connectivity index (χ2v) is 18.2. The maximum Gasteiger partial charge on any atom is 0.269 e. The van der Waals surface area contributed by atoms with Crippen LogP contribution in [0.25, 0.3) is 22.3 Å². The molecule has 8 rings (SSSR count). The van der Waals surface area contributed by atoms with Gasteiger partial charge in [0.2, 0.25) is 0 Å². The quantitative estimate of drug-likeness (QED) is 0.0406. The lowest BCUT2D eigenvalue weighted by molar-refractivity contribution is -0.385. The highest BCUT2D eigenvalue weighted by molar-refractivity contribution is 5.88. The molecule has 0 amide bonds. The first-order valence-corrected chi connectivity index (χ1v) is 23.7. The van der Waals surface area contributed by atoms with E-state index in [-0.39, 0.29) is 26.6 Å². The van der Waals surface area contributed by atoms with Gasteiger partial charge >= 0.3 is 0 Å². The number of aryl methyl sites for hydroxylation is 1. The van der Waals surface area contributed by atoms with Crippen LogP contribution in [0.2, 0.25) is 0 Å². The van der Waals surface area contributed by atoms with Gasteiger partial charge in [0.1, 0.15) is 0 Å². The number of fused-ring (bicyclic) bond motifs is 6. The molecule has 0 N–H and O–H groups in total. The molecule has 6 aromatic carbocycles. The Labute approximate surface area is 379 Å². The van der Waals surface area contributed by atoms with Crippen LogP contribution in [0.1, 0.15) is 132 Å². The molecule has 0 radical (unpaired) electrons. The highest BCUT2D eigenvalue weighted by atomic mass is 16.6. The number of hydrogen-bond donors (Lipinski definition) is 0. The Balaban J connectivity index is 1.25. The molecule has 2 aliphatic rings. The van der Waals surface area contributed by atoms with Gasteiger partial charge in [0.25, 0.3) is 11.4 Å². The van der Waals surface area contributed by atoms with Crippen LogP contribution in [0, 0.1) is 27.2 Å². The van der Waals surface area contributed by atoms with E-state index in [1.165, 1.54) is 114 Å². The normalized spacial score (nSPS) is 12.9. The van der Waals surface area contributed by atoms with Crippen molar-refractivity contribution in [2.24, 2.45) is 0 Å². The minimum atomic E-state index is -0.351. The van der Waals surface area contributed by atoms with E-state index in [1.807, 2.05) is 31.3 Å². The molecule has 0 heterocycles. The van der Waals surface area contributed by atoms with Gasteiger partial charge in [-0.1, -0.05) is 133 Å². The molecule has 330 valence electrons. The lowest BCUT2D eigenvalue weighted by Crippen LogP contribution is -2.26. The fourth-order valence-electron chi connectivity index (χ4n) is 10.5. The zero-order chi connectivity index (χ0) is 44.8. The Morgan fingerprint density at radius 2 is 0.906 bits per heavy atom. The van der Waals surface area contributed by atoms with Crippen molar-refractivity contribution in [1.82, 2.24) is 0 Å². The predicted molar refractivity (Wildman–Crippen MR) is 264 cm³/mol. The van der Waals surface area contributed by atoms with Crippen LogP contribution in [0.15, 0.2) is 121 Å². The first-order valence-electron chi connectivity index (χ1n) is 23.7. The van der Waals surface area contributed by atoms with Crippen molar-refractivity contribution in [1.29, 1.82) is 0 Å². The third-order valence-corrected chi connectivity index (χ3v) is 13.9. The molecule has 8 nitrogen and oxygen atoms in total. The largest absolute Gasteiger partial charge is 0.345 e. The van der Waals surface area contributed by atoms with Crippen LogP contribution in [0.3, 0.4) is 0 Å². The van der Waals surface area contributed by atoms with E-state index in [0.717, 1.165) is 60.5 Å². The van der Waals surface area contributed by atoms with Gasteiger partial charge in [-0.3, -0.25) is 20.2 Å². The van der Waals surface area contributed by atoms with Crippen molar-refractivity contribution in [3.05, 3.63) is 169 Å². The van der Waals surface area contributed by atoms with E-state index in [4.69, 9.17) is 0 Å². The third kappa shape index (κ3) is 9.06. The van der Waals surface area contributed by atoms with Crippen LogP contribution in [0.5, 0.6) is 0 Å². The lowest BCUT2D eigenvalue weighted by atomic mass is 9.70. The molecule has 0 saturated carbocycles. The summed E-state index contributed by atoms with van der Waals surface area (Å²) in [7, 11) is 2.05. The van der Waals surface area contributed by atoms with Crippen LogP contribution in [0.4, 0.5) is 39.8 Å². The second-order valence-electron chi connectivity index (χ2n) is 18.2. The molecule has 0 bridgehead atoms. The van der Waals surface area contributed by atoms with Crippen LogP contribution < -0.4 is 9.80 Å². The second kappa shape index (κ2) is 19.6. The predicted octanol–water partition coefficient (Wildman–Crippen LogP) is 16.4. The topological polar surface area (TPSA) is 92.8 Å². The van der Waals surface area contributed by atoms with E-state index >= 15 is 0 Å². The lowest BCUT2D eigenvalue weighted by Gasteiger charge is -2.35. The molecule has 2 aliphatic carbocycles. The summed E-state index contributed by atoms with van der Waals surface area (Å²) in [6.07, 6.45) is 17.5. The highest BCUT2D eigenvalue weighted by Gasteiger charge is 2.43. The smallest absolute Gasteiger partial charge is 0.269 e. The van der Waals surface area contributed by atoms with Crippen molar-refractivity contribution in [3.8, 4) is 22.3 Å². The average molecular weight is 855 g/mol. The van der Waals surface area contributed by atoms with Gasteiger partial charge in [0, 0.05) is 65.2 Å². The van der Waals surface area contributed by atoms with E-state index in [9.17, 15) is 20.2 Å². The summed E-state index contributed by atoms with van der Waals surface area (Å²) in [5.74, 6) is 0. The zero-order valence-electron chi connectivity index (χ0n) is 38.1. The van der Waals surface area contributed by atoms with Gasteiger partial charge in [-0.25, -0.2) is 0 Å². The number of unbranched alkanes of at least 4 members (excludes halogenated alkanes) is 10. The molecule has 8 heteroatoms. The number of nitro benzene ring substituents is 2. The maximum atomic E-state index is 11.9. The third-order valence-electron chi connectivity index (χ3n) is 13.9.